The van der Waals surface area contributed by atoms with Crippen LogP contribution in [0.25, 0.3) is 0 Å². The van der Waals surface area contributed by atoms with E-state index in [1.165, 1.54) is 6.92 Å². The highest BCUT2D eigenvalue weighted by Gasteiger charge is 2.32. The van der Waals surface area contributed by atoms with Crippen molar-refractivity contribution in [2.45, 2.75) is 24.8 Å². The molecule has 0 heterocycles. The van der Waals surface area contributed by atoms with Crippen molar-refractivity contribution in [1.29, 1.82) is 0 Å². The number of carboxylic acid groups (broad SMARTS) is 1. The fourth-order valence-electron chi connectivity index (χ4n) is 1.34. The fourth-order valence-corrected chi connectivity index (χ4v) is 2.72. The summed E-state index contributed by atoms with van der Waals surface area (Å²) in [4.78, 5) is 9.87. The van der Waals surface area contributed by atoms with E-state index in [4.69, 9.17) is 5.11 Å². The molecule has 1 aromatic rings. The second-order valence-electron chi connectivity index (χ2n) is 4.07. The van der Waals surface area contributed by atoms with E-state index >= 15 is 0 Å². The largest absolute Gasteiger partial charge is 0.480 e. The minimum Gasteiger partial charge on any atom is -0.480 e. The second kappa shape index (κ2) is 5.22. The highest BCUT2D eigenvalue weighted by atomic mass is 32.2. The van der Waals surface area contributed by atoms with Gasteiger partial charge in [0.2, 0.25) is 10.0 Å². The van der Waals surface area contributed by atoms with Gasteiger partial charge in [0.1, 0.15) is 22.6 Å². The summed E-state index contributed by atoms with van der Waals surface area (Å²) in [6.07, 6.45) is 0. The minimum absolute atomic E-state index is 0.0367. The number of carbonyl (C=O) groups is 1. The first-order valence-corrected chi connectivity index (χ1v) is 6.69. The number of rotatable bonds is 4. The first kappa shape index (κ1) is 15.5. The van der Waals surface area contributed by atoms with Crippen LogP contribution in [-0.2, 0) is 14.8 Å². The predicted octanol–water partition coefficient (Wildman–Crippen LogP) is 1.37. The third kappa shape index (κ3) is 2.90. The van der Waals surface area contributed by atoms with E-state index in [-0.39, 0.29) is 5.56 Å². The Morgan fingerprint density at radius 2 is 1.84 bits per heavy atom. The maximum Gasteiger partial charge on any atom is 0.321 e. The van der Waals surface area contributed by atoms with E-state index in [0.717, 1.165) is 20.0 Å². The van der Waals surface area contributed by atoms with Crippen molar-refractivity contribution in [3.8, 4) is 0 Å². The summed E-state index contributed by atoms with van der Waals surface area (Å²) < 4.78 is 51.5. The van der Waals surface area contributed by atoms with Crippen molar-refractivity contribution in [2.75, 3.05) is 7.05 Å². The zero-order chi connectivity index (χ0) is 15.0. The molecule has 0 saturated carbocycles. The number of carboxylic acids is 1. The molecule has 1 atom stereocenters. The van der Waals surface area contributed by atoms with Crippen LogP contribution in [0.4, 0.5) is 8.78 Å². The highest BCUT2D eigenvalue weighted by Crippen LogP contribution is 2.23. The lowest BCUT2D eigenvalue weighted by atomic mass is 10.2. The van der Waals surface area contributed by atoms with E-state index in [9.17, 15) is 22.0 Å². The van der Waals surface area contributed by atoms with Gasteiger partial charge in [0, 0.05) is 7.05 Å². The SMILES string of the molecule is Cc1cc(F)c(S(=O)(=O)N(C)C(C)C(=O)O)cc1F. The number of halogens is 2. The molecule has 0 aliphatic carbocycles. The summed E-state index contributed by atoms with van der Waals surface area (Å²) in [6.45, 7) is 2.42. The van der Waals surface area contributed by atoms with Gasteiger partial charge in [0.05, 0.1) is 0 Å². The third-order valence-corrected chi connectivity index (χ3v) is 4.72. The quantitative estimate of drug-likeness (QED) is 0.909. The first-order chi connectivity index (χ1) is 8.59. The van der Waals surface area contributed by atoms with E-state index < -0.39 is 38.6 Å². The molecule has 19 heavy (non-hydrogen) atoms. The van der Waals surface area contributed by atoms with Crippen molar-refractivity contribution < 1.29 is 27.1 Å². The van der Waals surface area contributed by atoms with E-state index in [1.807, 2.05) is 0 Å². The predicted molar refractivity (Wildman–Crippen MR) is 63.1 cm³/mol. The van der Waals surface area contributed by atoms with Gasteiger partial charge in [-0.1, -0.05) is 0 Å². The molecule has 0 aliphatic heterocycles. The van der Waals surface area contributed by atoms with Gasteiger partial charge in [-0.15, -0.1) is 0 Å². The molecule has 8 heteroatoms. The van der Waals surface area contributed by atoms with Gasteiger partial charge in [-0.3, -0.25) is 4.79 Å². The van der Waals surface area contributed by atoms with Gasteiger partial charge in [-0.25, -0.2) is 17.2 Å². The van der Waals surface area contributed by atoms with Gasteiger partial charge in [-0.2, -0.15) is 4.31 Å². The molecule has 1 rings (SSSR count). The maximum atomic E-state index is 13.6. The van der Waals surface area contributed by atoms with E-state index in [2.05, 4.69) is 0 Å². The Labute approximate surface area is 109 Å². The van der Waals surface area contributed by atoms with Crippen LogP contribution in [0.3, 0.4) is 0 Å². The van der Waals surface area contributed by atoms with Crippen molar-refractivity contribution in [1.82, 2.24) is 4.31 Å². The van der Waals surface area contributed by atoms with Crippen molar-refractivity contribution >= 4 is 16.0 Å². The second-order valence-corrected chi connectivity index (χ2v) is 6.03. The maximum absolute atomic E-state index is 13.6. The molecule has 0 bridgehead atoms. The molecule has 0 saturated heterocycles. The number of hydrogen-bond donors (Lipinski definition) is 1. The average Bonchev–Trinajstić information content (AvgIpc) is 2.31. The molecule has 106 valence electrons. The number of hydrogen-bond acceptors (Lipinski definition) is 3. The lowest BCUT2D eigenvalue weighted by Crippen LogP contribution is -2.40. The number of aryl methyl sites for hydroxylation is 1. The number of sulfonamides is 1. The van der Waals surface area contributed by atoms with Crippen LogP contribution < -0.4 is 0 Å². The Balaban J connectivity index is 3.36. The summed E-state index contributed by atoms with van der Waals surface area (Å²) in [5.74, 6) is -3.39. The molecule has 0 fully saturated rings. The first-order valence-electron chi connectivity index (χ1n) is 5.25. The smallest absolute Gasteiger partial charge is 0.321 e. The number of benzene rings is 1. The lowest BCUT2D eigenvalue weighted by Gasteiger charge is -2.21. The Morgan fingerprint density at radius 1 is 1.32 bits per heavy atom. The Hall–Kier alpha value is -1.54. The van der Waals surface area contributed by atoms with Crippen LogP contribution in [-0.4, -0.2) is 36.9 Å². The molecular formula is C11H13F2NO4S. The minimum atomic E-state index is -4.42. The fraction of sp³-hybridized carbons (Fsp3) is 0.364. The topological polar surface area (TPSA) is 74.7 Å². The summed E-state index contributed by atoms with van der Waals surface area (Å²) in [6, 6.07) is -0.0965. The van der Waals surface area contributed by atoms with Gasteiger partial charge in [0.15, 0.2) is 0 Å². The molecule has 1 unspecified atom stereocenters. The zero-order valence-electron chi connectivity index (χ0n) is 10.5. The van der Waals surface area contributed by atoms with Crippen molar-refractivity contribution in [2.24, 2.45) is 0 Å². The molecule has 0 radical (unpaired) electrons. The molecular weight excluding hydrogens is 280 g/mol. The molecule has 0 amide bonds. The number of aliphatic carboxylic acids is 1. The lowest BCUT2D eigenvalue weighted by molar-refractivity contribution is -0.140. The molecule has 1 aromatic carbocycles. The Morgan fingerprint density at radius 3 is 2.32 bits per heavy atom. The van der Waals surface area contributed by atoms with Gasteiger partial charge < -0.3 is 5.11 Å². The van der Waals surface area contributed by atoms with Crippen LogP contribution in [0.2, 0.25) is 0 Å². The Bertz CT molecular complexity index is 615. The van der Waals surface area contributed by atoms with Crippen LogP contribution in [0.5, 0.6) is 0 Å². The van der Waals surface area contributed by atoms with Gasteiger partial charge in [-0.05, 0) is 31.5 Å². The highest BCUT2D eigenvalue weighted by molar-refractivity contribution is 7.89. The molecule has 0 aromatic heterocycles. The monoisotopic (exact) mass is 293 g/mol. The molecule has 0 aliphatic rings. The normalized spacial score (nSPS) is 13.6. The van der Waals surface area contributed by atoms with Crippen LogP contribution in [0, 0.1) is 18.6 Å². The molecule has 5 nitrogen and oxygen atoms in total. The van der Waals surface area contributed by atoms with Crippen LogP contribution in [0.1, 0.15) is 12.5 Å². The Kier molecular flexibility index (Phi) is 4.26. The third-order valence-electron chi connectivity index (χ3n) is 2.77. The van der Waals surface area contributed by atoms with Crippen LogP contribution >= 0.6 is 0 Å². The summed E-state index contributed by atoms with van der Waals surface area (Å²) in [5, 5.41) is 8.76. The standard InChI is InChI=1S/C11H13F2NO4S/c1-6-4-9(13)10(5-8(6)12)19(17,18)14(3)7(2)11(15)16/h4-5,7H,1-3H3,(H,15,16). The van der Waals surface area contributed by atoms with Crippen molar-refractivity contribution in [3.05, 3.63) is 29.3 Å². The number of nitrogens with zero attached hydrogens (tertiary/aromatic N) is 1. The van der Waals surface area contributed by atoms with Crippen LogP contribution in [0.15, 0.2) is 17.0 Å². The van der Waals surface area contributed by atoms with Gasteiger partial charge >= 0.3 is 5.97 Å². The molecule has 0 spiro atoms. The van der Waals surface area contributed by atoms with E-state index in [1.54, 1.807) is 0 Å². The van der Waals surface area contributed by atoms with Gasteiger partial charge in [0.25, 0.3) is 0 Å². The molecule has 1 N–H and O–H groups in total. The summed E-state index contributed by atoms with van der Waals surface area (Å²) >= 11 is 0. The van der Waals surface area contributed by atoms with E-state index in [0.29, 0.717) is 10.4 Å². The average molecular weight is 293 g/mol. The summed E-state index contributed by atoms with van der Waals surface area (Å²) in [5.41, 5.74) is -0.0367. The zero-order valence-corrected chi connectivity index (χ0v) is 11.3. The number of likely N-dealkylation sites (N-methyl/N-ethyl adjacent to an activating group) is 1. The summed E-state index contributed by atoms with van der Waals surface area (Å²) in [7, 11) is -3.42. The van der Waals surface area contributed by atoms with Crippen molar-refractivity contribution in [3.63, 3.8) is 0 Å².